The van der Waals surface area contributed by atoms with E-state index < -0.39 is 11.5 Å². The van der Waals surface area contributed by atoms with Crippen LogP contribution in [0, 0.1) is 5.92 Å². The molecule has 0 bridgehead atoms. The summed E-state index contributed by atoms with van der Waals surface area (Å²) in [6.45, 7) is 9.51. The van der Waals surface area contributed by atoms with Crippen molar-refractivity contribution in [3.05, 3.63) is 0 Å². The van der Waals surface area contributed by atoms with E-state index in [1.165, 1.54) is 0 Å². The van der Waals surface area contributed by atoms with Gasteiger partial charge >= 0.3 is 5.97 Å². The first-order chi connectivity index (χ1) is 9.23. The Morgan fingerprint density at radius 2 is 1.95 bits per heavy atom. The van der Waals surface area contributed by atoms with Crippen LogP contribution in [0.15, 0.2) is 0 Å². The van der Waals surface area contributed by atoms with Crippen molar-refractivity contribution in [2.45, 2.75) is 45.2 Å². The van der Waals surface area contributed by atoms with Gasteiger partial charge in [-0.3, -0.25) is 15.0 Å². The number of hydrogen-bond donors (Lipinski definition) is 2. The molecule has 1 saturated carbocycles. The molecule has 2 N–H and O–H groups in total. The molecule has 0 aromatic rings. The average Bonchev–Trinajstić information content (AvgIpc) is 3.08. The average molecular weight is 285 g/mol. The fourth-order valence-electron chi connectivity index (χ4n) is 2.39. The zero-order valence-electron chi connectivity index (χ0n) is 13.6. The van der Waals surface area contributed by atoms with Gasteiger partial charge < -0.3 is 10.0 Å². The van der Waals surface area contributed by atoms with Gasteiger partial charge in [-0.15, -0.1) is 0 Å². The number of likely N-dealkylation sites (N-methyl/N-ethyl adjacent to an activating group) is 1. The topological polar surface area (TPSA) is 55.8 Å². The van der Waals surface area contributed by atoms with Crippen molar-refractivity contribution < 1.29 is 9.90 Å². The van der Waals surface area contributed by atoms with E-state index in [-0.39, 0.29) is 0 Å². The van der Waals surface area contributed by atoms with Gasteiger partial charge in [0.15, 0.2) is 0 Å². The monoisotopic (exact) mass is 285 g/mol. The van der Waals surface area contributed by atoms with Crippen molar-refractivity contribution in [1.82, 2.24) is 15.1 Å². The molecule has 5 heteroatoms. The standard InChI is InChI=1S/C15H31N3O2/c1-12(2)10-18(9-8-17(4)5)11-15(3,14(19)20)16-13-6-7-13/h12-13,16H,6-11H2,1-5H3,(H,19,20). The number of nitrogens with zero attached hydrogens (tertiary/aromatic N) is 2. The molecule has 1 fully saturated rings. The molecule has 0 aromatic carbocycles. The predicted octanol–water partition coefficient (Wildman–Crippen LogP) is 1.10. The lowest BCUT2D eigenvalue weighted by Crippen LogP contribution is -2.58. The van der Waals surface area contributed by atoms with Crippen LogP contribution < -0.4 is 5.32 Å². The minimum atomic E-state index is -0.845. The van der Waals surface area contributed by atoms with E-state index in [4.69, 9.17) is 0 Å². The van der Waals surface area contributed by atoms with Crippen LogP contribution in [-0.2, 0) is 4.79 Å². The summed E-state index contributed by atoms with van der Waals surface area (Å²) < 4.78 is 0. The molecule has 1 aliphatic carbocycles. The minimum Gasteiger partial charge on any atom is -0.480 e. The Morgan fingerprint density at radius 1 is 1.35 bits per heavy atom. The van der Waals surface area contributed by atoms with E-state index in [0.717, 1.165) is 32.5 Å². The normalized spacial score (nSPS) is 18.8. The number of rotatable bonds is 10. The van der Waals surface area contributed by atoms with E-state index in [1.54, 1.807) is 0 Å². The molecule has 0 amide bonds. The van der Waals surface area contributed by atoms with Crippen LogP contribution in [0.3, 0.4) is 0 Å². The van der Waals surface area contributed by atoms with E-state index in [1.807, 2.05) is 21.0 Å². The van der Waals surface area contributed by atoms with Gasteiger partial charge in [-0.2, -0.15) is 0 Å². The van der Waals surface area contributed by atoms with Crippen LogP contribution >= 0.6 is 0 Å². The zero-order valence-corrected chi connectivity index (χ0v) is 13.6. The summed E-state index contributed by atoms with van der Waals surface area (Å²) in [6, 6.07) is 0.394. The van der Waals surface area contributed by atoms with Crippen LogP contribution in [0.1, 0.15) is 33.6 Å². The molecule has 0 aromatic heterocycles. The van der Waals surface area contributed by atoms with Gasteiger partial charge in [0.25, 0.3) is 0 Å². The molecule has 0 spiro atoms. The quantitative estimate of drug-likeness (QED) is 0.629. The van der Waals surface area contributed by atoms with Gasteiger partial charge in [-0.05, 0) is 39.8 Å². The first-order valence-corrected chi connectivity index (χ1v) is 7.61. The molecule has 1 aliphatic rings. The molecule has 20 heavy (non-hydrogen) atoms. The SMILES string of the molecule is CC(C)CN(CCN(C)C)CC(C)(NC1CC1)C(=O)O. The summed E-state index contributed by atoms with van der Waals surface area (Å²) >= 11 is 0. The summed E-state index contributed by atoms with van der Waals surface area (Å²) in [6.07, 6.45) is 2.20. The third kappa shape index (κ3) is 6.20. The molecular formula is C15H31N3O2. The Bertz CT molecular complexity index is 316. The van der Waals surface area contributed by atoms with Crippen LogP contribution in [-0.4, -0.2) is 72.7 Å². The van der Waals surface area contributed by atoms with E-state index >= 15 is 0 Å². The highest BCUT2D eigenvalue weighted by Gasteiger charge is 2.39. The van der Waals surface area contributed by atoms with Crippen LogP contribution in [0.2, 0.25) is 0 Å². The Balaban J connectivity index is 2.64. The Labute approximate surface area is 123 Å². The second-order valence-electron chi connectivity index (χ2n) is 6.99. The second-order valence-corrected chi connectivity index (χ2v) is 6.99. The van der Waals surface area contributed by atoms with Crippen LogP contribution in [0.5, 0.6) is 0 Å². The van der Waals surface area contributed by atoms with Crippen molar-refractivity contribution >= 4 is 5.97 Å². The third-order valence-corrected chi connectivity index (χ3v) is 3.60. The summed E-state index contributed by atoms with van der Waals surface area (Å²) in [4.78, 5) is 16.1. The Kier molecular flexibility index (Phi) is 6.43. The molecule has 1 atom stereocenters. The molecule has 118 valence electrons. The summed E-state index contributed by atoms with van der Waals surface area (Å²) in [5.41, 5.74) is -0.845. The Morgan fingerprint density at radius 3 is 2.35 bits per heavy atom. The lowest BCUT2D eigenvalue weighted by atomic mass is 10.0. The number of aliphatic carboxylic acids is 1. The van der Waals surface area contributed by atoms with Crippen molar-refractivity contribution in [3.8, 4) is 0 Å². The third-order valence-electron chi connectivity index (χ3n) is 3.60. The first-order valence-electron chi connectivity index (χ1n) is 7.61. The van der Waals surface area contributed by atoms with Gasteiger partial charge in [-0.1, -0.05) is 13.8 Å². The van der Waals surface area contributed by atoms with Gasteiger partial charge in [0.05, 0.1) is 0 Å². The first kappa shape index (κ1) is 17.4. The molecular weight excluding hydrogens is 254 g/mol. The minimum absolute atomic E-state index is 0.394. The van der Waals surface area contributed by atoms with Crippen LogP contribution in [0.25, 0.3) is 0 Å². The molecule has 5 nitrogen and oxygen atoms in total. The van der Waals surface area contributed by atoms with Crippen molar-refractivity contribution in [2.24, 2.45) is 5.92 Å². The molecule has 1 unspecified atom stereocenters. The molecule has 0 radical (unpaired) electrons. The molecule has 0 saturated heterocycles. The maximum Gasteiger partial charge on any atom is 0.324 e. The molecule has 0 aliphatic heterocycles. The van der Waals surface area contributed by atoms with E-state index in [2.05, 4.69) is 29.0 Å². The number of carbonyl (C=O) groups is 1. The van der Waals surface area contributed by atoms with Crippen LogP contribution in [0.4, 0.5) is 0 Å². The smallest absolute Gasteiger partial charge is 0.324 e. The Hall–Kier alpha value is -0.650. The summed E-state index contributed by atoms with van der Waals surface area (Å²) in [5, 5.41) is 12.9. The fourth-order valence-corrected chi connectivity index (χ4v) is 2.39. The van der Waals surface area contributed by atoms with Gasteiger partial charge in [-0.25, -0.2) is 0 Å². The lowest BCUT2D eigenvalue weighted by molar-refractivity contribution is -0.145. The van der Waals surface area contributed by atoms with E-state index in [9.17, 15) is 9.90 Å². The molecule has 0 heterocycles. The van der Waals surface area contributed by atoms with Crippen molar-refractivity contribution in [2.75, 3.05) is 40.3 Å². The number of carboxylic acids is 1. The summed E-state index contributed by atoms with van der Waals surface area (Å²) in [5.74, 6) is -0.209. The maximum absolute atomic E-state index is 11.6. The van der Waals surface area contributed by atoms with E-state index in [0.29, 0.717) is 18.5 Å². The van der Waals surface area contributed by atoms with Gasteiger partial charge in [0.2, 0.25) is 0 Å². The molecule has 1 rings (SSSR count). The summed E-state index contributed by atoms with van der Waals surface area (Å²) in [7, 11) is 4.10. The number of carboxylic acid groups (broad SMARTS) is 1. The number of hydrogen-bond acceptors (Lipinski definition) is 4. The lowest BCUT2D eigenvalue weighted by Gasteiger charge is -2.34. The highest BCUT2D eigenvalue weighted by atomic mass is 16.4. The highest BCUT2D eigenvalue weighted by Crippen LogP contribution is 2.23. The maximum atomic E-state index is 11.6. The highest BCUT2D eigenvalue weighted by molar-refractivity contribution is 5.78. The largest absolute Gasteiger partial charge is 0.480 e. The fraction of sp³-hybridized carbons (Fsp3) is 0.933. The van der Waals surface area contributed by atoms with Gasteiger partial charge in [0, 0.05) is 32.2 Å². The van der Waals surface area contributed by atoms with Crippen molar-refractivity contribution in [1.29, 1.82) is 0 Å². The zero-order chi connectivity index (χ0) is 15.3. The second kappa shape index (κ2) is 7.38. The predicted molar refractivity (Wildman–Crippen MR) is 82.0 cm³/mol. The number of nitrogens with one attached hydrogen (secondary N) is 1. The van der Waals surface area contributed by atoms with Crippen molar-refractivity contribution in [3.63, 3.8) is 0 Å². The van der Waals surface area contributed by atoms with Gasteiger partial charge in [0.1, 0.15) is 5.54 Å².